The number of para-hydroxylation sites is 1. The summed E-state index contributed by atoms with van der Waals surface area (Å²) in [4.78, 5) is 3.36. The van der Waals surface area contributed by atoms with Gasteiger partial charge in [0.25, 0.3) is 9.84 Å². The molecule has 0 saturated carbocycles. The standard InChI is InChI=1S/C12H11F3N2O2S2/c1-8-17-9(7-20-8)6-16-10-4-2-3-5-11(10)21(18,19)12(13,14)15/h2-5,7,16H,6H2,1H3. The maximum Gasteiger partial charge on any atom is 0.501 e. The van der Waals surface area contributed by atoms with Gasteiger partial charge in [-0.25, -0.2) is 13.4 Å². The summed E-state index contributed by atoms with van der Waals surface area (Å²) in [6.07, 6.45) is 0. The first kappa shape index (κ1) is 15.8. The molecular weight excluding hydrogens is 325 g/mol. The summed E-state index contributed by atoms with van der Waals surface area (Å²) in [6, 6.07) is 4.93. The molecule has 2 aromatic rings. The number of anilines is 1. The maximum absolute atomic E-state index is 12.6. The molecule has 1 aromatic carbocycles. The minimum atomic E-state index is -5.39. The van der Waals surface area contributed by atoms with Crippen molar-refractivity contribution in [1.82, 2.24) is 4.98 Å². The Morgan fingerprint density at radius 1 is 1.29 bits per heavy atom. The Kier molecular flexibility index (Phi) is 4.24. The molecule has 0 saturated heterocycles. The molecular formula is C12H11F3N2O2S2. The van der Waals surface area contributed by atoms with Gasteiger partial charge >= 0.3 is 5.51 Å². The van der Waals surface area contributed by atoms with E-state index in [-0.39, 0.29) is 12.2 Å². The minimum Gasteiger partial charge on any atom is -0.378 e. The molecule has 0 amide bonds. The Morgan fingerprint density at radius 3 is 2.52 bits per heavy atom. The monoisotopic (exact) mass is 336 g/mol. The van der Waals surface area contributed by atoms with Crippen molar-refractivity contribution in [3.63, 3.8) is 0 Å². The van der Waals surface area contributed by atoms with Crippen molar-refractivity contribution in [3.8, 4) is 0 Å². The lowest BCUT2D eigenvalue weighted by Gasteiger charge is -2.13. The number of sulfone groups is 1. The fraction of sp³-hybridized carbons (Fsp3) is 0.250. The second-order valence-corrected chi connectivity index (χ2v) is 7.13. The molecule has 2 rings (SSSR count). The lowest BCUT2D eigenvalue weighted by atomic mass is 10.3. The van der Waals surface area contributed by atoms with E-state index in [1.54, 1.807) is 12.3 Å². The first-order chi connectivity index (χ1) is 9.72. The molecule has 0 aliphatic rings. The van der Waals surface area contributed by atoms with E-state index in [2.05, 4.69) is 10.3 Å². The van der Waals surface area contributed by atoms with Crippen molar-refractivity contribution in [2.45, 2.75) is 23.9 Å². The lowest BCUT2D eigenvalue weighted by Crippen LogP contribution is -2.24. The third kappa shape index (κ3) is 3.35. The molecule has 0 atom stereocenters. The highest BCUT2D eigenvalue weighted by molar-refractivity contribution is 7.92. The summed E-state index contributed by atoms with van der Waals surface area (Å²) in [6.45, 7) is 1.95. The number of rotatable bonds is 4. The van der Waals surface area contributed by atoms with E-state index in [0.717, 1.165) is 11.1 Å². The van der Waals surface area contributed by atoms with Gasteiger partial charge in [-0.05, 0) is 19.1 Å². The van der Waals surface area contributed by atoms with Gasteiger partial charge in [0.15, 0.2) is 0 Å². The van der Waals surface area contributed by atoms with Crippen LogP contribution in [0.3, 0.4) is 0 Å². The van der Waals surface area contributed by atoms with Gasteiger partial charge in [0.1, 0.15) is 0 Å². The van der Waals surface area contributed by atoms with Crippen molar-refractivity contribution in [2.24, 2.45) is 0 Å². The molecule has 0 bridgehead atoms. The summed E-state index contributed by atoms with van der Waals surface area (Å²) >= 11 is 1.40. The lowest BCUT2D eigenvalue weighted by molar-refractivity contribution is -0.0435. The van der Waals surface area contributed by atoms with Gasteiger partial charge in [0, 0.05) is 5.38 Å². The van der Waals surface area contributed by atoms with Crippen LogP contribution in [0.2, 0.25) is 0 Å². The fourth-order valence-electron chi connectivity index (χ4n) is 1.65. The molecule has 0 radical (unpaired) electrons. The number of hydrogen-bond donors (Lipinski definition) is 1. The number of nitrogens with zero attached hydrogens (tertiary/aromatic N) is 1. The van der Waals surface area contributed by atoms with E-state index in [0.29, 0.717) is 5.69 Å². The van der Waals surface area contributed by atoms with Crippen LogP contribution in [-0.2, 0) is 16.4 Å². The second kappa shape index (κ2) is 5.64. The van der Waals surface area contributed by atoms with E-state index < -0.39 is 20.2 Å². The highest BCUT2D eigenvalue weighted by Crippen LogP contribution is 2.34. The fourth-order valence-corrected chi connectivity index (χ4v) is 3.20. The first-order valence-corrected chi connectivity index (χ1v) is 8.13. The van der Waals surface area contributed by atoms with Crippen LogP contribution in [0.15, 0.2) is 34.5 Å². The van der Waals surface area contributed by atoms with Crippen LogP contribution in [-0.4, -0.2) is 18.9 Å². The smallest absolute Gasteiger partial charge is 0.378 e. The van der Waals surface area contributed by atoms with Crippen molar-refractivity contribution in [3.05, 3.63) is 40.3 Å². The van der Waals surface area contributed by atoms with Crippen LogP contribution in [0.5, 0.6) is 0 Å². The Balaban J connectivity index is 2.30. The van der Waals surface area contributed by atoms with Crippen LogP contribution in [0.25, 0.3) is 0 Å². The Labute approximate surface area is 123 Å². The van der Waals surface area contributed by atoms with Crippen LogP contribution in [0.1, 0.15) is 10.7 Å². The molecule has 4 nitrogen and oxygen atoms in total. The van der Waals surface area contributed by atoms with E-state index in [1.165, 1.54) is 29.5 Å². The van der Waals surface area contributed by atoms with Gasteiger partial charge in [-0.15, -0.1) is 11.3 Å². The Morgan fingerprint density at radius 2 is 1.95 bits per heavy atom. The minimum absolute atomic E-state index is 0.0968. The molecule has 0 unspecified atom stereocenters. The zero-order valence-corrected chi connectivity index (χ0v) is 12.4. The third-order valence-corrected chi connectivity index (χ3v) is 4.97. The highest BCUT2D eigenvalue weighted by atomic mass is 32.2. The van der Waals surface area contributed by atoms with E-state index in [1.807, 2.05) is 0 Å². The van der Waals surface area contributed by atoms with E-state index >= 15 is 0 Å². The topological polar surface area (TPSA) is 59.1 Å². The Bertz CT molecular complexity index is 739. The summed E-state index contributed by atoms with van der Waals surface area (Å²) in [5, 5.41) is 5.26. The van der Waals surface area contributed by atoms with Gasteiger partial charge in [-0.2, -0.15) is 13.2 Å². The summed E-state index contributed by atoms with van der Waals surface area (Å²) in [5.41, 5.74) is -4.79. The average Bonchev–Trinajstić information content (AvgIpc) is 2.81. The number of aromatic nitrogens is 1. The number of halogens is 3. The molecule has 0 spiro atoms. The zero-order valence-electron chi connectivity index (χ0n) is 10.8. The molecule has 0 fully saturated rings. The highest BCUT2D eigenvalue weighted by Gasteiger charge is 2.47. The van der Waals surface area contributed by atoms with E-state index in [9.17, 15) is 21.6 Å². The van der Waals surface area contributed by atoms with Gasteiger partial charge < -0.3 is 5.32 Å². The predicted octanol–water partition coefficient (Wildman–Crippen LogP) is 3.36. The van der Waals surface area contributed by atoms with E-state index in [4.69, 9.17) is 0 Å². The summed E-state index contributed by atoms with van der Waals surface area (Å²) < 4.78 is 60.9. The number of alkyl halides is 3. The summed E-state index contributed by atoms with van der Waals surface area (Å²) in [5.74, 6) is 0. The molecule has 0 aliphatic heterocycles. The van der Waals surface area contributed by atoms with Crippen LogP contribution >= 0.6 is 11.3 Å². The third-order valence-electron chi connectivity index (χ3n) is 2.61. The maximum atomic E-state index is 12.6. The largest absolute Gasteiger partial charge is 0.501 e. The molecule has 1 aromatic heterocycles. The molecule has 1 N–H and O–H groups in total. The predicted molar refractivity (Wildman–Crippen MR) is 73.9 cm³/mol. The number of hydrogen-bond acceptors (Lipinski definition) is 5. The van der Waals surface area contributed by atoms with Crippen molar-refractivity contribution < 1.29 is 21.6 Å². The first-order valence-electron chi connectivity index (χ1n) is 5.77. The molecule has 0 aliphatic carbocycles. The Hall–Kier alpha value is -1.61. The second-order valence-electron chi connectivity index (χ2n) is 4.16. The number of nitrogens with one attached hydrogen (secondary N) is 1. The van der Waals surface area contributed by atoms with Gasteiger partial charge in [-0.1, -0.05) is 12.1 Å². The van der Waals surface area contributed by atoms with Gasteiger partial charge in [0.2, 0.25) is 0 Å². The molecule has 9 heteroatoms. The van der Waals surface area contributed by atoms with Crippen molar-refractivity contribution >= 4 is 26.9 Å². The normalized spacial score (nSPS) is 12.4. The van der Waals surface area contributed by atoms with Gasteiger partial charge in [0.05, 0.1) is 27.8 Å². The molecule has 1 heterocycles. The van der Waals surface area contributed by atoms with Crippen LogP contribution in [0.4, 0.5) is 18.9 Å². The molecule has 114 valence electrons. The summed E-state index contributed by atoms with van der Waals surface area (Å²) in [7, 11) is -5.39. The van der Waals surface area contributed by atoms with Crippen molar-refractivity contribution in [2.75, 3.05) is 5.32 Å². The molecule has 21 heavy (non-hydrogen) atoms. The SMILES string of the molecule is Cc1nc(CNc2ccccc2S(=O)(=O)C(F)(F)F)cs1. The average molecular weight is 336 g/mol. The van der Waals surface area contributed by atoms with Gasteiger partial charge in [-0.3, -0.25) is 0 Å². The number of thiazole rings is 1. The number of aryl methyl sites for hydroxylation is 1. The quantitative estimate of drug-likeness (QED) is 0.930. The van der Waals surface area contributed by atoms with Crippen LogP contribution in [0, 0.1) is 6.92 Å². The van der Waals surface area contributed by atoms with Crippen molar-refractivity contribution in [1.29, 1.82) is 0 Å². The zero-order chi connectivity index (χ0) is 15.7. The number of benzene rings is 1. The van der Waals surface area contributed by atoms with Crippen LogP contribution < -0.4 is 5.32 Å².